The van der Waals surface area contributed by atoms with Gasteiger partial charge in [-0.1, -0.05) is 0 Å². The van der Waals surface area contributed by atoms with E-state index in [4.69, 9.17) is 19.8 Å². The van der Waals surface area contributed by atoms with Gasteiger partial charge in [-0.2, -0.15) is 0 Å². The number of carboxylic acid groups (broad SMARTS) is 2. The van der Waals surface area contributed by atoms with Crippen molar-refractivity contribution in [3.8, 4) is 0 Å². The normalized spacial score (nSPS) is 20.4. The molecule has 2 aromatic rings. The van der Waals surface area contributed by atoms with Crippen LogP contribution in [0.25, 0.3) is 10.9 Å². The Morgan fingerprint density at radius 3 is 2.31 bits per heavy atom. The lowest BCUT2D eigenvalue weighted by molar-refractivity contribution is -0.128. The lowest BCUT2D eigenvalue weighted by atomic mass is 9.80. The summed E-state index contributed by atoms with van der Waals surface area (Å²) in [6.07, 6.45) is 1.42. The Labute approximate surface area is 200 Å². The predicted molar refractivity (Wildman–Crippen MR) is 125 cm³/mol. The van der Waals surface area contributed by atoms with E-state index < -0.39 is 11.2 Å². The van der Waals surface area contributed by atoms with E-state index in [-0.39, 0.29) is 47.0 Å². The van der Waals surface area contributed by atoms with Crippen LogP contribution in [0.4, 0.5) is 4.39 Å². The molecule has 0 radical (unpaired) electrons. The summed E-state index contributed by atoms with van der Waals surface area (Å²) in [6, 6.07) is 3.91. The van der Waals surface area contributed by atoms with Crippen LogP contribution in [-0.2, 0) is 14.4 Å². The number of carbonyl (C=O) groups is 4. The molecule has 0 spiro atoms. The third-order valence-corrected chi connectivity index (χ3v) is 6.20. The number of amides is 2. The molecule has 35 heavy (non-hydrogen) atoms. The molecule has 2 saturated heterocycles. The second-order valence-corrected chi connectivity index (χ2v) is 8.81. The first-order valence-electron chi connectivity index (χ1n) is 10.7. The molecule has 2 atom stereocenters. The number of nitrogens with zero attached hydrogens (tertiary/aromatic N) is 3. The Morgan fingerprint density at radius 2 is 1.74 bits per heavy atom. The van der Waals surface area contributed by atoms with Gasteiger partial charge in [-0.3, -0.25) is 24.0 Å². The first-order chi connectivity index (χ1) is 16.5. The maximum atomic E-state index is 13.6. The SMILES string of the molecule is CC(=O)N1C[C@@H]2CN(C(=O)c3c[nH]c4ccc(F)cc4c3=O)C[C@]2(CN(C)C)C1.O=CO.O=CO. The van der Waals surface area contributed by atoms with Crippen molar-refractivity contribution in [3.05, 3.63) is 46.0 Å². The molecule has 1 aromatic heterocycles. The first kappa shape index (κ1) is 27.4. The molecule has 12 heteroatoms. The van der Waals surface area contributed by atoms with Crippen molar-refractivity contribution in [2.45, 2.75) is 6.92 Å². The molecule has 1 aromatic carbocycles. The van der Waals surface area contributed by atoms with E-state index in [1.165, 1.54) is 18.3 Å². The van der Waals surface area contributed by atoms with E-state index >= 15 is 0 Å². The summed E-state index contributed by atoms with van der Waals surface area (Å²) in [5.74, 6) is -0.657. The lowest BCUT2D eigenvalue weighted by Crippen LogP contribution is -2.44. The van der Waals surface area contributed by atoms with Crippen LogP contribution in [0.3, 0.4) is 0 Å². The number of aromatic nitrogens is 1. The van der Waals surface area contributed by atoms with Gasteiger partial charge in [0.15, 0.2) is 0 Å². The van der Waals surface area contributed by atoms with Gasteiger partial charge in [-0.05, 0) is 32.3 Å². The number of likely N-dealkylation sites (tertiary alicyclic amines) is 2. The fourth-order valence-corrected chi connectivity index (χ4v) is 4.95. The van der Waals surface area contributed by atoms with Gasteiger partial charge in [0.25, 0.3) is 18.9 Å². The largest absolute Gasteiger partial charge is 0.483 e. The van der Waals surface area contributed by atoms with Crippen molar-refractivity contribution in [2.24, 2.45) is 11.3 Å². The molecule has 4 rings (SSSR count). The molecule has 3 heterocycles. The van der Waals surface area contributed by atoms with Crippen LogP contribution in [0.5, 0.6) is 0 Å². The molecule has 3 N–H and O–H groups in total. The van der Waals surface area contributed by atoms with Crippen molar-refractivity contribution < 1.29 is 33.8 Å². The minimum atomic E-state index is -0.516. The Bertz CT molecular complexity index is 1150. The van der Waals surface area contributed by atoms with E-state index in [1.54, 1.807) is 11.8 Å². The van der Waals surface area contributed by atoms with Crippen LogP contribution in [-0.4, -0.2) is 101 Å². The number of hydrogen-bond acceptors (Lipinski definition) is 6. The van der Waals surface area contributed by atoms with Crippen molar-refractivity contribution in [3.63, 3.8) is 0 Å². The highest BCUT2D eigenvalue weighted by Gasteiger charge is 2.54. The highest BCUT2D eigenvalue weighted by molar-refractivity contribution is 5.97. The lowest BCUT2D eigenvalue weighted by Gasteiger charge is -2.32. The van der Waals surface area contributed by atoms with Gasteiger partial charge >= 0.3 is 0 Å². The summed E-state index contributed by atoms with van der Waals surface area (Å²) < 4.78 is 13.6. The first-order valence-corrected chi connectivity index (χ1v) is 10.7. The summed E-state index contributed by atoms with van der Waals surface area (Å²) in [6.45, 7) is 4.03. The number of fused-ring (bicyclic) bond motifs is 2. The fourth-order valence-electron chi connectivity index (χ4n) is 4.95. The van der Waals surface area contributed by atoms with Gasteiger partial charge in [0.2, 0.25) is 11.3 Å². The number of halogens is 1. The summed E-state index contributed by atoms with van der Waals surface area (Å²) in [5, 5.41) is 13.9. The zero-order chi connectivity index (χ0) is 26.3. The third-order valence-electron chi connectivity index (χ3n) is 6.20. The van der Waals surface area contributed by atoms with Crippen LogP contribution in [0, 0.1) is 17.2 Å². The zero-order valence-electron chi connectivity index (χ0n) is 19.7. The van der Waals surface area contributed by atoms with E-state index in [2.05, 4.69) is 9.88 Å². The van der Waals surface area contributed by atoms with Gasteiger partial charge in [0.05, 0.1) is 0 Å². The molecule has 2 amide bonds. The molecular weight excluding hydrogens is 463 g/mol. The molecule has 2 aliphatic heterocycles. The summed E-state index contributed by atoms with van der Waals surface area (Å²) >= 11 is 0. The predicted octanol–water partition coefficient (Wildman–Crippen LogP) is 0.551. The number of benzene rings is 1. The van der Waals surface area contributed by atoms with E-state index in [0.717, 1.165) is 12.6 Å². The standard InChI is InChI=1S/C21H25FN4O3.2CH2O2/c1-13(27)25-8-14-9-26(12-21(14,11-25)10-24(2)3)20(29)17-7-23-18-5-4-15(22)6-16(18)19(17)28;2*2-1-3/h4-7,14H,8-12H2,1-3H3,(H,23,28);2*1H,(H,2,3)/t14-,21+;;/m1../s1. The molecule has 0 unspecified atom stereocenters. The molecular formula is C23H29FN4O7. The zero-order valence-corrected chi connectivity index (χ0v) is 19.7. The van der Waals surface area contributed by atoms with Crippen molar-refractivity contribution >= 4 is 35.7 Å². The van der Waals surface area contributed by atoms with Gasteiger partial charge in [0.1, 0.15) is 11.4 Å². The highest BCUT2D eigenvalue weighted by Crippen LogP contribution is 2.43. The molecule has 0 aliphatic carbocycles. The quantitative estimate of drug-likeness (QED) is 0.526. The third kappa shape index (κ3) is 6.01. The number of H-pyrrole nitrogens is 1. The Hall–Kier alpha value is -3.80. The molecule has 2 fully saturated rings. The highest BCUT2D eigenvalue weighted by atomic mass is 19.1. The Balaban J connectivity index is 0.000000655. The smallest absolute Gasteiger partial charge is 0.290 e. The number of nitrogens with one attached hydrogen (secondary N) is 1. The minimum absolute atomic E-state index is 0.0199. The summed E-state index contributed by atoms with van der Waals surface area (Å²) in [5.41, 5.74) is -0.160. The average Bonchev–Trinajstić information content (AvgIpc) is 3.28. The maximum Gasteiger partial charge on any atom is 0.290 e. The average molecular weight is 493 g/mol. The topological polar surface area (TPSA) is 151 Å². The van der Waals surface area contributed by atoms with Crippen molar-refractivity contribution in [2.75, 3.05) is 46.8 Å². The van der Waals surface area contributed by atoms with E-state index in [1.807, 2.05) is 19.0 Å². The molecule has 0 bridgehead atoms. The van der Waals surface area contributed by atoms with Crippen LogP contribution in [0.15, 0.2) is 29.2 Å². The van der Waals surface area contributed by atoms with E-state index in [0.29, 0.717) is 31.7 Å². The van der Waals surface area contributed by atoms with Crippen LogP contribution < -0.4 is 5.43 Å². The number of pyridine rings is 1. The van der Waals surface area contributed by atoms with Crippen LogP contribution >= 0.6 is 0 Å². The van der Waals surface area contributed by atoms with E-state index in [9.17, 15) is 18.8 Å². The molecule has 11 nitrogen and oxygen atoms in total. The van der Waals surface area contributed by atoms with Crippen molar-refractivity contribution in [1.82, 2.24) is 19.7 Å². The molecule has 190 valence electrons. The summed E-state index contributed by atoms with van der Waals surface area (Å²) in [7, 11) is 3.96. The fraction of sp³-hybridized carbons (Fsp3) is 0.435. The Morgan fingerprint density at radius 1 is 1.17 bits per heavy atom. The second-order valence-electron chi connectivity index (χ2n) is 8.81. The van der Waals surface area contributed by atoms with Gasteiger partial charge in [0, 0.05) is 68.1 Å². The van der Waals surface area contributed by atoms with Crippen LogP contribution in [0.1, 0.15) is 17.3 Å². The van der Waals surface area contributed by atoms with Crippen LogP contribution in [0.2, 0.25) is 0 Å². The van der Waals surface area contributed by atoms with Gasteiger partial charge < -0.3 is 29.9 Å². The van der Waals surface area contributed by atoms with Crippen molar-refractivity contribution in [1.29, 1.82) is 0 Å². The van der Waals surface area contributed by atoms with Gasteiger partial charge in [-0.15, -0.1) is 0 Å². The number of aromatic amines is 1. The number of carbonyl (C=O) groups excluding carboxylic acids is 2. The summed E-state index contributed by atoms with van der Waals surface area (Å²) in [4.78, 5) is 63.2. The Kier molecular flexibility index (Phi) is 9.06. The molecule has 2 aliphatic rings. The second kappa shape index (κ2) is 11.6. The molecule has 0 saturated carbocycles. The van der Waals surface area contributed by atoms with Gasteiger partial charge in [-0.25, -0.2) is 4.39 Å². The maximum absolute atomic E-state index is 13.6. The monoisotopic (exact) mass is 492 g/mol. The number of rotatable bonds is 3. The minimum Gasteiger partial charge on any atom is -0.483 e. The number of hydrogen-bond donors (Lipinski definition) is 3.